The molecule has 2 aromatic heterocycles. The number of rotatable bonds is 5. The summed E-state index contributed by atoms with van der Waals surface area (Å²) in [6, 6.07) is 6.97. The third-order valence-electron chi connectivity index (χ3n) is 4.30. The number of benzene rings is 1. The Morgan fingerprint density at radius 2 is 1.93 bits per heavy atom. The van der Waals surface area contributed by atoms with E-state index in [-0.39, 0.29) is 16.9 Å². The number of nitrogens with one attached hydrogen (secondary N) is 1. The number of ketones is 1. The van der Waals surface area contributed by atoms with Gasteiger partial charge in [-0.3, -0.25) is 9.59 Å². The molecular weight excluding hydrogens is 378 g/mol. The largest absolute Gasteiger partial charge is 0.325 e. The van der Waals surface area contributed by atoms with Gasteiger partial charge in [0.2, 0.25) is 5.91 Å². The third-order valence-corrected chi connectivity index (χ3v) is 6.49. The van der Waals surface area contributed by atoms with Gasteiger partial charge in [0.15, 0.2) is 5.78 Å². The zero-order valence-corrected chi connectivity index (χ0v) is 17.5. The fourth-order valence-corrected chi connectivity index (χ4v) is 4.87. The molecule has 3 rings (SSSR count). The zero-order chi connectivity index (χ0) is 19.7. The van der Waals surface area contributed by atoms with Gasteiger partial charge in [0.05, 0.1) is 5.25 Å². The summed E-state index contributed by atoms with van der Waals surface area (Å²) < 4.78 is 0. The minimum atomic E-state index is -0.344. The summed E-state index contributed by atoms with van der Waals surface area (Å²) >= 11 is 3.08. The van der Waals surface area contributed by atoms with Crippen LogP contribution in [0.25, 0.3) is 10.2 Å². The maximum absolute atomic E-state index is 12.7. The highest BCUT2D eigenvalue weighted by Gasteiger charge is 2.20. The molecule has 1 aromatic carbocycles. The van der Waals surface area contributed by atoms with Crippen molar-refractivity contribution in [1.29, 1.82) is 0 Å². The second kappa shape index (κ2) is 7.78. The van der Waals surface area contributed by atoms with Crippen molar-refractivity contribution in [3.05, 3.63) is 46.1 Å². The molecule has 0 saturated heterocycles. The lowest BCUT2D eigenvalue weighted by atomic mass is 10.1. The standard InChI is InChI=1S/C20H21N3O2S2/c1-10-12(3)26-19-17(10)20(22-14(5)21-19)27-13(4)18(25)23-16-8-6-7-15(9-16)11(2)24/h6-9,13H,1-5H3,(H,23,25)/t13-/m0/s1. The SMILES string of the molecule is CC(=O)c1cccc(NC(=O)[C@H](C)Sc2nc(C)nc3sc(C)c(C)c23)c1. The number of nitrogens with zero attached hydrogens (tertiary/aromatic N) is 2. The van der Waals surface area contributed by atoms with Crippen molar-refractivity contribution >= 4 is 50.7 Å². The number of carbonyl (C=O) groups excluding carboxylic acids is 2. The first kappa shape index (κ1) is 19.5. The van der Waals surface area contributed by atoms with Gasteiger partial charge in [0.1, 0.15) is 15.7 Å². The first-order chi connectivity index (χ1) is 12.8. The summed E-state index contributed by atoms with van der Waals surface area (Å²) in [6.07, 6.45) is 0. The highest BCUT2D eigenvalue weighted by atomic mass is 32.2. The molecule has 3 aromatic rings. The average molecular weight is 400 g/mol. The zero-order valence-electron chi connectivity index (χ0n) is 15.9. The van der Waals surface area contributed by atoms with E-state index in [2.05, 4.69) is 29.1 Å². The molecule has 7 heteroatoms. The maximum atomic E-state index is 12.7. The molecule has 0 bridgehead atoms. The summed E-state index contributed by atoms with van der Waals surface area (Å²) in [4.78, 5) is 35.4. The van der Waals surface area contributed by atoms with Crippen molar-refractivity contribution < 1.29 is 9.59 Å². The number of thiophene rings is 1. The van der Waals surface area contributed by atoms with Crippen molar-refractivity contribution in [3.8, 4) is 0 Å². The molecule has 0 unspecified atom stereocenters. The minimum Gasteiger partial charge on any atom is -0.325 e. The van der Waals surface area contributed by atoms with Crippen molar-refractivity contribution in [2.24, 2.45) is 0 Å². The summed E-state index contributed by atoms with van der Waals surface area (Å²) in [5, 5.41) is 4.41. The predicted molar refractivity (Wildman–Crippen MR) is 112 cm³/mol. The van der Waals surface area contributed by atoms with Crippen LogP contribution < -0.4 is 5.32 Å². The number of thioether (sulfide) groups is 1. The van der Waals surface area contributed by atoms with Crippen LogP contribution in [-0.4, -0.2) is 26.9 Å². The Morgan fingerprint density at radius 3 is 2.63 bits per heavy atom. The van der Waals surface area contributed by atoms with Crippen LogP contribution in [0.4, 0.5) is 5.69 Å². The Hall–Kier alpha value is -2.25. The molecular formula is C20H21N3O2S2. The van der Waals surface area contributed by atoms with Gasteiger partial charge in [-0.05, 0) is 52.3 Å². The van der Waals surface area contributed by atoms with Crippen molar-refractivity contribution in [1.82, 2.24) is 9.97 Å². The van der Waals surface area contributed by atoms with Gasteiger partial charge in [0.25, 0.3) is 0 Å². The van der Waals surface area contributed by atoms with Crippen LogP contribution in [0.5, 0.6) is 0 Å². The van der Waals surface area contributed by atoms with E-state index in [1.165, 1.54) is 29.1 Å². The van der Waals surface area contributed by atoms with Crippen LogP contribution in [0.1, 0.15) is 40.5 Å². The number of aryl methyl sites for hydroxylation is 3. The first-order valence-electron chi connectivity index (χ1n) is 8.59. The number of Topliss-reactive ketones (excluding diaryl/α,β-unsaturated/α-hetero) is 1. The van der Waals surface area contributed by atoms with E-state index < -0.39 is 0 Å². The summed E-state index contributed by atoms with van der Waals surface area (Å²) in [6.45, 7) is 9.37. The van der Waals surface area contributed by atoms with Crippen LogP contribution in [0.2, 0.25) is 0 Å². The first-order valence-corrected chi connectivity index (χ1v) is 10.3. The molecule has 0 fully saturated rings. The molecule has 1 atom stereocenters. The molecule has 0 saturated carbocycles. The van der Waals surface area contributed by atoms with Crippen LogP contribution in [0, 0.1) is 20.8 Å². The van der Waals surface area contributed by atoms with Gasteiger partial charge >= 0.3 is 0 Å². The van der Waals surface area contributed by atoms with E-state index in [1.54, 1.807) is 35.6 Å². The number of aromatic nitrogens is 2. The molecule has 0 aliphatic heterocycles. The summed E-state index contributed by atoms with van der Waals surface area (Å²) in [7, 11) is 0. The van der Waals surface area contributed by atoms with Gasteiger partial charge in [0, 0.05) is 21.5 Å². The Morgan fingerprint density at radius 1 is 1.19 bits per heavy atom. The molecule has 0 spiro atoms. The summed E-state index contributed by atoms with van der Waals surface area (Å²) in [5.74, 6) is 0.540. The van der Waals surface area contributed by atoms with Gasteiger partial charge < -0.3 is 5.32 Å². The topological polar surface area (TPSA) is 72.0 Å². The van der Waals surface area contributed by atoms with Crippen LogP contribution in [0.15, 0.2) is 29.3 Å². The van der Waals surface area contributed by atoms with Crippen molar-refractivity contribution in [2.75, 3.05) is 5.32 Å². The number of anilines is 1. The van der Waals surface area contributed by atoms with Gasteiger partial charge in [-0.2, -0.15) is 0 Å². The molecule has 1 N–H and O–H groups in total. The maximum Gasteiger partial charge on any atom is 0.237 e. The Kier molecular flexibility index (Phi) is 5.62. The molecule has 140 valence electrons. The Bertz CT molecular complexity index is 1040. The second-order valence-electron chi connectivity index (χ2n) is 6.43. The molecule has 2 heterocycles. The fourth-order valence-electron chi connectivity index (χ4n) is 2.68. The van der Waals surface area contributed by atoms with Gasteiger partial charge in [-0.15, -0.1) is 11.3 Å². The number of amides is 1. The Balaban J connectivity index is 1.82. The highest BCUT2D eigenvalue weighted by molar-refractivity contribution is 8.00. The average Bonchev–Trinajstić information content (AvgIpc) is 2.89. The van der Waals surface area contributed by atoms with Gasteiger partial charge in [-0.1, -0.05) is 23.9 Å². The highest BCUT2D eigenvalue weighted by Crippen LogP contribution is 2.36. The molecule has 1 amide bonds. The lowest BCUT2D eigenvalue weighted by Crippen LogP contribution is -2.22. The number of carbonyl (C=O) groups is 2. The van der Waals surface area contributed by atoms with Crippen molar-refractivity contribution in [3.63, 3.8) is 0 Å². The quantitative estimate of drug-likeness (QED) is 0.374. The van der Waals surface area contributed by atoms with Crippen LogP contribution in [-0.2, 0) is 4.79 Å². The normalized spacial score (nSPS) is 12.2. The summed E-state index contributed by atoms with van der Waals surface area (Å²) in [5.41, 5.74) is 2.36. The fraction of sp³-hybridized carbons (Fsp3) is 0.300. The lowest BCUT2D eigenvalue weighted by Gasteiger charge is -2.13. The lowest BCUT2D eigenvalue weighted by molar-refractivity contribution is -0.115. The molecule has 0 aliphatic carbocycles. The van der Waals surface area contributed by atoms with E-state index in [0.29, 0.717) is 17.1 Å². The van der Waals surface area contributed by atoms with E-state index >= 15 is 0 Å². The van der Waals surface area contributed by atoms with Crippen LogP contribution in [0.3, 0.4) is 0 Å². The second-order valence-corrected chi connectivity index (χ2v) is 8.96. The number of hydrogen-bond acceptors (Lipinski definition) is 6. The smallest absolute Gasteiger partial charge is 0.237 e. The predicted octanol–water partition coefficient (Wildman–Crippen LogP) is 4.94. The van der Waals surface area contributed by atoms with Gasteiger partial charge in [-0.25, -0.2) is 9.97 Å². The molecule has 0 aliphatic rings. The Labute approximate surface area is 166 Å². The van der Waals surface area contributed by atoms with E-state index in [1.807, 2.05) is 13.8 Å². The van der Waals surface area contributed by atoms with Crippen molar-refractivity contribution in [2.45, 2.75) is 44.9 Å². The van der Waals surface area contributed by atoms with E-state index in [0.717, 1.165) is 15.2 Å². The monoisotopic (exact) mass is 399 g/mol. The molecule has 27 heavy (non-hydrogen) atoms. The van der Waals surface area contributed by atoms with E-state index in [4.69, 9.17) is 0 Å². The number of hydrogen-bond donors (Lipinski definition) is 1. The number of fused-ring (bicyclic) bond motifs is 1. The molecule has 0 radical (unpaired) electrons. The third kappa shape index (κ3) is 4.20. The minimum absolute atomic E-state index is 0.0318. The van der Waals surface area contributed by atoms with Crippen LogP contribution >= 0.6 is 23.1 Å². The molecule has 5 nitrogen and oxygen atoms in total. The van der Waals surface area contributed by atoms with E-state index in [9.17, 15) is 9.59 Å².